The molecule has 1 saturated carbocycles. The zero-order chi connectivity index (χ0) is 18.5. The Bertz CT molecular complexity index is 994. The van der Waals surface area contributed by atoms with E-state index in [0.717, 1.165) is 17.5 Å². The first-order valence-corrected chi connectivity index (χ1v) is 11.0. The molecule has 0 saturated heterocycles. The molecule has 4 rings (SSSR count). The summed E-state index contributed by atoms with van der Waals surface area (Å²) in [5.74, 6) is 0.902. The van der Waals surface area contributed by atoms with Gasteiger partial charge in [-0.3, -0.25) is 4.79 Å². The van der Waals surface area contributed by atoms with Gasteiger partial charge in [0.1, 0.15) is 0 Å². The van der Waals surface area contributed by atoms with Crippen LogP contribution in [0.2, 0.25) is 0 Å². The van der Waals surface area contributed by atoms with Crippen LogP contribution in [-0.4, -0.2) is 25.4 Å². The number of aromatic nitrogens is 1. The first-order valence-electron chi connectivity index (χ1n) is 8.74. The lowest BCUT2D eigenvalue weighted by atomic mass is 9.93. The fraction of sp³-hybridized carbons (Fsp3) is 0.444. The highest BCUT2D eigenvalue weighted by molar-refractivity contribution is 7.89. The minimum absolute atomic E-state index is 0.00947. The maximum absolute atomic E-state index is 12.5. The maximum Gasteiger partial charge on any atom is 0.240 e. The van der Waals surface area contributed by atoms with E-state index in [4.69, 9.17) is 0 Å². The fourth-order valence-electron chi connectivity index (χ4n) is 3.78. The molecule has 1 aromatic heterocycles. The van der Waals surface area contributed by atoms with Crippen LogP contribution in [0.3, 0.4) is 0 Å². The van der Waals surface area contributed by atoms with Crippen LogP contribution in [0.1, 0.15) is 26.7 Å². The number of anilines is 1. The number of rotatable bonds is 5. The molecule has 0 spiro atoms. The third-order valence-electron chi connectivity index (χ3n) is 4.91. The van der Waals surface area contributed by atoms with Crippen molar-refractivity contribution in [2.45, 2.75) is 37.6 Å². The molecule has 0 radical (unpaired) electrons. The molecule has 26 heavy (non-hydrogen) atoms. The first kappa shape index (κ1) is 17.6. The van der Waals surface area contributed by atoms with Crippen LogP contribution in [0.4, 0.5) is 5.13 Å². The standard InChI is InChI=1S/C18H21N3O3S2/c1-10(2)21-26(23,24)13-5-6-15-16(9-13)25-18(19-15)20-17(22)14-8-11-3-4-12(14)7-11/h3-6,9-12,14,21H,7-8H2,1-2H3,(H,19,20,22)/t11-,12-,14-/m1/s1. The van der Waals surface area contributed by atoms with Gasteiger partial charge >= 0.3 is 0 Å². The number of hydrogen-bond acceptors (Lipinski definition) is 5. The largest absolute Gasteiger partial charge is 0.302 e. The summed E-state index contributed by atoms with van der Waals surface area (Å²) >= 11 is 1.30. The number of carbonyl (C=O) groups excluding carboxylic acids is 1. The van der Waals surface area contributed by atoms with E-state index in [1.807, 2.05) is 0 Å². The minimum atomic E-state index is -3.55. The minimum Gasteiger partial charge on any atom is -0.302 e. The Kier molecular flexibility index (Phi) is 4.37. The first-order chi connectivity index (χ1) is 12.3. The van der Waals surface area contributed by atoms with Crippen LogP contribution in [0.25, 0.3) is 10.2 Å². The molecule has 138 valence electrons. The number of nitrogens with one attached hydrogen (secondary N) is 2. The molecule has 0 aliphatic heterocycles. The number of amides is 1. The molecule has 2 aromatic rings. The van der Waals surface area contributed by atoms with Crippen LogP contribution in [-0.2, 0) is 14.8 Å². The van der Waals surface area contributed by atoms with Crippen molar-refractivity contribution >= 4 is 42.6 Å². The van der Waals surface area contributed by atoms with E-state index in [2.05, 4.69) is 27.2 Å². The zero-order valence-corrected chi connectivity index (χ0v) is 16.2. The van der Waals surface area contributed by atoms with Gasteiger partial charge in [-0.05, 0) is 56.7 Å². The van der Waals surface area contributed by atoms with Crippen molar-refractivity contribution in [2.75, 3.05) is 5.32 Å². The van der Waals surface area contributed by atoms with Crippen molar-refractivity contribution in [1.82, 2.24) is 9.71 Å². The smallest absolute Gasteiger partial charge is 0.240 e. The van der Waals surface area contributed by atoms with Gasteiger partial charge in [0.05, 0.1) is 15.1 Å². The Balaban J connectivity index is 1.54. The Morgan fingerprint density at radius 2 is 2.08 bits per heavy atom. The van der Waals surface area contributed by atoms with Crippen LogP contribution in [0.15, 0.2) is 35.2 Å². The summed E-state index contributed by atoms with van der Waals surface area (Å²) in [6.07, 6.45) is 6.33. The topological polar surface area (TPSA) is 88.2 Å². The summed E-state index contributed by atoms with van der Waals surface area (Å²) in [7, 11) is -3.55. The van der Waals surface area contributed by atoms with Gasteiger partial charge in [0.2, 0.25) is 15.9 Å². The van der Waals surface area contributed by atoms with Crippen LogP contribution >= 0.6 is 11.3 Å². The third kappa shape index (κ3) is 3.28. The lowest BCUT2D eigenvalue weighted by Gasteiger charge is -2.16. The number of carbonyl (C=O) groups is 1. The van der Waals surface area contributed by atoms with E-state index in [9.17, 15) is 13.2 Å². The van der Waals surface area contributed by atoms with E-state index in [1.165, 1.54) is 11.3 Å². The monoisotopic (exact) mass is 391 g/mol. The van der Waals surface area contributed by atoms with E-state index in [-0.39, 0.29) is 22.8 Å². The van der Waals surface area contributed by atoms with E-state index in [0.29, 0.717) is 22.5 Å². The van der Waals surface area contributed by atoms with Crippen molar-refractivity contribution in [1.29, 1.82) is 0 Å². The van der Waals surface area contributed by atoms with E-state index < -0.39 is 10.0 Å². The number of allylic oxidation sites excluding steroid dienone is 2. The molecule has 2 aliphatic carbocycles. The molecule has 2 N–H and O–H groups in total. The molecule has 2 bridgehead atoms. The van der Waals surface area contributed by atoms with Gasteiger partial charge in [0.15, 0.2) is 5.13 Å². The van der Waals surface area contributed by atoms with Gasteiger partial charge in [-0.2, -0.15) is 0 Å². The average Bonchev–Trinajstić information content (AvgIpc) is 3.27. The number of thiazole rings is 1. The quantitative estimate of drug-likeness (QED) is 0.767. The van der Waals surface area contributed by atoms with Gasteiger partial charge in [-0.1, -0.05) is 23.5 Å². The van der Waals surface area contributed by atoms with Crippen molar-refractivity contribution in [3.05, 3.63) is 30.4 Å². The second-order valence-electron chi connectivity index (χ2n) is 7.30. The van der Waals surface area contributed by atoms with Crippen molar-refractivity contribution in [3.63, 3.8) is 0 Å². The molecule has 1 amide bonds. The van der Waals surface area contributed by atoms with Gasteiger partial charge in [-0.15, -0.1) is 0 Å². The highest BCUT2D eigenvalue weighted by atomic mass is 32.2. The van der Waals surface area contributed by atoms with Crippen molar-refractivity contribution in [3.8, 4) is 0 Å². The Morgan fingerprint density at radius 1 is 1.27 bits per heavy atom. The predicted molar refractivity (Wildman–Crippen MR) is 103 cm³/mol. The molecule has 0 unspecified atom stereocenters. The second-order valence-corrected chi connectivity index (χ2v) is 10.0. The van der Waals surface area contributed by atoms with Crippen molar-refractivity contribution < 1.29 is 13.2 Å². The van der Waals surface area contributed by atoms with E-state index >= 15 is 0 Å². The highest BCUT2D eigenvalue weighted by Crippen LogP contribution is 2.44. The van der Waals surface area contributed by atoms with E-state index in [1.54, 1.807) is 32.0 Å². The lowest BCUT2D eigenvalue weighted by Crippen LogP contribution is -2.30. The molecule has 3 atom stereocenters. The summed E-state index contributed by atoms with van der Waals surface area (Å²) in [4.78, 5) is 17.2. The second kappa shape index (κ2) is 6.44. The highest BCUT2D eigenvalue weighted by Gasteiger charge is 2.39. The number of benzene rings is 1. The number of sulfonamides is 1. The Morgan fingerprint density at radius 3 is 2.73 bits per heavy atom. The summed E-state index contributed by atoms with van der Waals surface area (Å²) in [5, 5.41) is 3.43. The number of nitrogens with zero attached hydrogens (tertiary/aromatic N) is 1. The molecule has 8 heteroatoms. The molecule has 1 fully saturated rings. The van der Waals surface area contributed by atoms with Crippen LogP contribution in [0, 0.1) is 17.8 Å². The number of hydrogen-bond donors (Lipinski definition) is 2. The van der Waals surface area contributed by atoms with Gasteiger partial charge < -0.3 is 5.32 Å². The molecule has 6 nitrogen and oxygen atoms in total. The summed E-state index contributed by atoms with van der Waals surface area (Å²) < 4.78 is 27.9. The fourth-order valence-corrected chi connectivity index (χ4v) is 6.04. The van der Waals surface area contributed by atoms with Gasteiger partial charge in [0, 0.05) is 12.0 Å². The summed E-state index contributed by atoms with van der Waals surface area (Å²) in [6.45, 7) is 3.56. The maximum atomic E-state index is 12.5. The number of fused-ring (bicyclic) bond motifs is 3. The molecular formula is C18H21N3O3S2. The SMILES string of the molecule is CC(C)NS(=O)(=O)c1ccc2nc(NC(=O)[C@@H]3C[C@@H]4C=C[C@@H]3C4)sc2c1. The lowest BCUT2D eigenvalue weighted by molar-refractivity contribution is -0.120. The normalized spacial score (nSPS) is 24.7. The summed E-state index contributed by atoms with van der Waals surface area (Å²) in [6, 6.07) is 4.64. The zero-order valence-electron chi connectivity index (χ0n) is 14.6. The predicted octanol–water partition coefficient (Wildman–Crippen LogP) is 3.13. The van der Waals surface area contributed by atoms with Crippen LogP contribution in [0.5, 0.6) is 0 Å². The molecule has 1 heterocycles. The molecule has 1 aromatic carbocycles. The molecule has 2 aliphatic rings. The van der Waals surface area contributed by atoms with Crippen LogP contribution < -0.4 is 10.0 Å². The Hall–Kier alpha value is -1.77. The summed E-state index contributed by atoms with van der Waals surface area (Å²) in [5.41, 5.74) is 0.682. The van der Waals surface area contributed by atoms with Gasteiger partial charge in [0.25, 0.3) is 0 Å². The van der Waals surface area contributed by atoms with Crippen molar-refractivity contribution in [2.24, 2.45) is 17.8 Å². The Labute approximate surface area is 156 Å². The molecular weight excluding hydrogens is 370 g/mol. The van der Waals surface area contributed by atoms with Gasteiger partial charge in [-0.25, -0.2) is 18.1 Å². The average molecular weight is 392 g/mol. The third-order valence-corrected chi connectivity index (χ3v) is 7.50.